The molecule has 0 saturated carbocycles. The van der Waals surface area contributed by atoms with Crippen LogP contribution in [0.15, 0.2) is 64.6 Å². The van der Waals surface area contributed by atoms with Gasteiger partial charge in [0.25, 0.3) is 5.91 Å². The van der Waals surface area contributed by atoms with Gasteiger partial charge in [0.2, 0.25) is 0 Å². The Labute approximate surface area is 208 Å². The van der Waals surface area contributed by atoms with E-state index in [2.05, 4.69) is 10.3 Å². The second kappa shape index (κ2) is 12.1. The number of amidine groups is 1. The van der Waals surface area contributed by atoms with E-state index in [-0.39, 0.29) is 23.1 Å². The summed E-state index contributed by atoms with van der Waals surface area (Å²) < 4.78 is 37.3. The molecule has 10 heteroatoms. The lowest BCUT2D eigenvalue weighted by molar-refractivity contribution is -0.0374. The summed E-state index contributed by atoms with van der Waals surface area (Å²) in [6, 6.07) is 11.1. The van der Waals surface area contributed by atoms with Gasteiger partial charge in [-0.05, 0) is 76.4 Å². The van der Waals surface area contributed by atoms with Crippen molar-refractivity contribution in [3.63, 3.8) is 0 Å². The number of nitrogens with two attached hydrogens (primary N) is 1. The summed E-state index contributed by atoms with van der Waals surface area (Å²) in [4.78, 5) is 17.1. The average molecular weight is 506 g/mol. The molecular weight excluding hydrogens is 470 g/mol. The summed E-state index contributed by atoms with van der Waals surface area (Å²) in [6.07, 6.45) is 4.09. The summed E-state index contributed by atoms with van der Waals surface area (Å²) in [5, 5.41) is 2.78. The van der Waals surface area contributed by atoms with Crippen molar-refractivity contribution in [1.82, 2.24) is 5.32 Å². The Hall–Kier alpha value is -3.05. The lowest BCUT2D eigenvalue weighted by atomic mass is 10.2. The van der Waals surface area contributed by atoms with Gasteiger partial charge < -0.3 is 25.3 Å². The Balaban J connectivity index is 2.33. The van der Waals surface area contributed by atoms with Crippen LogP contribution >= 0.6 is 10.6 Å². The van der Waals surface area contributed by atoms with Crippen LogP contribution in [0.5, 0.6) is 17.2 Å². The third-order valence-electron chi connectivity index (χ3n) is 4.37. The predicted octanol–water partition coefficient (Wildman–Crippen LogP) is 5.03. The summed E-state index contributed by atoms with van der Waals surface area (Å²) in [7, 11) is -1.13. The number of amides is 1. The van der Waals surface area contributed by atoms with Gasteiger partial charge in [0.15, 0.2) is 0 Å². The summed E-state index contributed by atoms with van der Waals surface area (Å²) in [5.74, 6) is 0.656. The third kappa shape index (κ3) is 9.99. The number of ether oxygens (including phenoxy) is 3. The van der Waals surface area contributed by atoms with E-state index in [1.165, 1.54) is 18.4 Å². The highest BCUT2D eigenvalue weighted by molar-refractivity contribution is 8.23. The minimum atomic E-state index is -2.83. The second-order valence-corrected chi connectivity index (χ2v) is 11.1. The number of carbonyl (C=O) groups is 1. The molecule has 0 aliphatic heterocycles. The van der Waals surface area contributed by atoms with Crippen molar-refractivity contribution >= 4 is 22.3 Å². The molecule has 1 amide bonds. The lowest BCUT2D eigenvalue weighted by Crippen LogP contribution is -2.27. The fourth-order valence-electron chi connectivity index (χ4n) is 2.75. The number of aliphatic imine (C=N–C) groups is 1. The first-order valence-electron chi connectivity index (χ1n) is 11.0. The van der Waals surface area contributed by atoms with Gasteiger partial charge in [-0.15, -0.1) is 0 Å². The van der Waals surface area contributed by atoms with Crippen LogP contribution in [0.1, 0.15) is 38.1 Å². The molecule has 0 fully saturated rings. The zero-order valence-electron chi connectivity index (χ0n) is 20.9. The van der Waals surface area contributed by atoms with Gasteiger partial charge in [0, 0.05) is 24.9 Å². The summed E-state index contributed by atoms with van der Waals surface area (Å²) >= 11 is 0. The van der Waals surface area contributed by atoms with Crippen LogP contribution in [0, 0.1) is 0 Å². The molecule has 0 aliphatic rings. The highest BCUT2D eigenvalue weighted by atomic mass is 32.3. The van der Waals surface area contributed by atoms with Gasteiger partial charge in [0.05, 0.1) is 17.1 Å². The smallest absolute Gasteiger partial charge is 0.279 e. The minimum absolute atomic E-state index is 0.0410. The Bertz CT molecular complexity index is 1060. The van der Waals surface area contributed by atoms with Crippen LogP contribution in [-0.2, 0) is 4.74 Å². The molecule has 5 N–H and O–H groups in total. The van der Waals surface area contributed by atoms with E-state index in [0.29, 0.717) is 28.8 Å². The van der Waals surface area contributed by atoms with Crippen LogP contribution in [-0.4, -0.2) is 52.5 Å². The van der Waals surface area contributed by atoms with Crippen molar-refractivity contribution in [1.29, 1.82) is 0 Å². The van der Waals surface area contributed by atoms with Crippen LogP contribution < -0.4 is 20.5 Å². The van der Waals surface area contributed by atoms with Crippen LogP contribution in [0.25, 0.3) is 0 Å². The van der Waals surface area contributed by atoms with E-state index in [0.717, 1.165) is 0 Å². The number of benzene rings is 2. The Morgan fingerprint density at radius 1 is 1.14 bits per heavy atom. The van der Waals surface area contributed by atoms with Gasteiger partial charge in [-0.25, -0.2) is 0 Å². The van der Waals surface area contributed by atoms with Crippen LogP contribution in [0.2, 0.25) is 0 Å². The highest BCUT2D eigenvalue weighted by Crippen LogP contribution is 2.44. The van der Waals surface area contributed by atoms with Crippen molar-refractivity contribution in [3.05, 3.63) is 60.3 Å². The number of hydrogen-bond acceptors (Lipinski definition) is 7. The molecule has 0 radical (unpaired) electrons. The topological polar surface area (TPSA) is 136 Å². The number of rotatable bonds is 10. The summed E-state index contributed by atoms with van der Waals surface area (Å²) in [6.45, 7) is 8.08. The first-order valence-corrected chi connectivity index (χ1v) is 12.9. The van der Waals surface area contributed by atoms with Gasteiger partial charge in [0.1, 0.15) is 29.2 Å². The first kappa shape index (κ1) is 28.2. The largest absolute Gasteiger partial charge is 0.488 e. The highest BCUT2D eigenvalue weighted by Gasteiger charge is 2.16. The molecule has 0 aromatic heterocycles. The Morgan fingerprint density at radius 3 is 2.34 bits per heavy atom. The molecule has 0 unspecified atom stereocenters. The monoisotopic (exact) mass is 505 g/mol. The maximum Gasteiger partial charge on any atom is 0.279 e. The fourth-order valence-corrected chi connectivity index (χ4v) is 3.40. The van der Waals surface area contributed by atoms with Crippen molar-refractivity contribution in [2.24, 2.45) is 10.7 Å². The number of nitrogens with zero attached hydrogens (tertiary/aromatic N) is 1. The lowest BCUT2D eigenvalue weighted by Gasteiger charge is -2.26. The molecule has 0 bridgehead atoms. The molecular formula is C25H35N3O6S. The van der Waals surface area contributed by atoms with E-state index in [1.807, 2.05) is 27.7 Å². The molecule has 0 aliphatic carbocycles. The molecule has 1 atom stereocenters. The molecule has 0 heterocycles. The Kier molecular flexibility index (Phi) is 9.73. The summed E-state index contributed by atoms with van der Waals surface area (Å²) in [5.41, 5.74) is 5.70. The number of carbonyl (C=O) groups excluding carboxylic acids is 1. The van der Waals surface area contributed by atoms with Gasteiger partial charge >= 0.3 is 0 Å². The van der Waals surface area contributed by atoms with Crippen molar-refractivity contribution in [3.8, 4) is 17.2 Å². The van der Waals surface area contributed by atoms with Gasteiger partial charge in [-0.1, -0.05) is 0 Å². The molecule has 0 spiro atoms. The quantitative estimate of drug-likeness (QED) is 0.261. The molecule has 192 valence electrons. The normalized spacial score (nSPS) is 14.0. The maximum absolute atomic E-state index is 12.8. The first-order chi connectivity index (χ1) is 16.3. The van der Waals surface area contributed by atoms with Crippen molar-refractivity contribution in [2.45, 2.75) is 44.3 Å². The Morgan fingerprint density at radius 2 is 1.77 bits per heavy atom. The molecule has 0 saturated heterocycles. The van der Waals surface area contributed by atoms with Gasteiger partial charge in [-0.3, -0.25) is 13.9 Å². The molecule has 2 rings (SSSR count). The third-order valence-corrected chi connectivity index (χ3v) is 5.54. The second-order valence-electron chi connectivity index (χ2n) is 8.92. The number of nitrogens with one attached hydrogen (secondary N) is 1. The van der Waals surface area contributed by atoms with E-state index < -0.39 is 16.5 Å². The molecule has 9 nitrogen and oxygen atoms in total. The van der Waals surface area contributed by atoms with Crippen LogP contribution in [0.3, 0.4) is 0 Å². The maximum atomic E-state index is 12.8. The molecule has 2 aromatic carbocycles. The van der Waals surface area contributed by atoms with E-state index in [4.69, 9.17) is 19.9 Å². The van der Waals surface area contributed by atoms with Gasteiger partial charge in [-0.2, -0.15) is 15.6 Å². The molecule has 35 heavy (non-hydrogen) atoms. The predicted molar refractivity (Wildman–Crippen MR) is 140 cm³/mol. The average Bonchev–Trinajstić information content (AvgIpc) is 2.75. The minimum Gasteiger partial charge on any atom is -0.488 e. The van der Waals surface area contributed by atoms with E-state index in [9.17, 15) is 13.9 Å². The fraction of sp³-hybridized carbons (Fsp3) is 0.360. The van der Waals surface area contributed by atoms with Crippen LogP contribution in [0.4, 0.5) is 0 Å². The van der Waals surface area contributed by atoms with Crippen molar-refractivity contribution < 1.29 is 28.1 Å². The zero-order valence-corrected chi connectivity index (χ0v) is 21.8. The number of hydrogen-bond donors (Lipinski definition) is 4. The standard InChI is InChI=1S/C25H35N3O6S/c1-17(16-32-25(2,3)4)33-20-13-18(24(29)28-23(26)11-12-27-5)14-21(15-20)34-19-7-9-22(10-8-19)35(6,30)31/h7-15,17,27,30-31H,16H2,1-6H3,(H2,26,28,29)/b12-11-/t17-/m0/s1. The van der Waals surface area contributed by atoms with E-state index >= 15 is 0 Å². The van der Waals surface area contributed by atoms with Crippen molar-refractivity contribution in [2.75, 3.05) is 19.9 Å². The zero-order chi connectivity index (χ0) is 26.2. The molecule has 2 aromatic rings. The SMILES string of the molecule is CN/C=C\C(N)=NC(=O)c1cc(Oc2ccc(S(C)(O)O)cc2)cc(O[C@@H](C)COC(C)(C)C)c1. The van der Waals surface area contributed by atoms with E-state index in [1.54, 1.807) is 49.6 Å².